The zero-order valence-corrected chi connectivity index (χ0v) is 18.6. The first-order chi connectivity index (χ1) is 15.4. The van der Waals surface area contributed by atoms with Crippen LogP contribution in [0.15, 0.2) is 59.0 Å². The van der Waals surface area contributed by atoms with E-state index in [4.69, 9.17) is 21.0 Å². The van der Waals surface area contributed by atoms with Crippen LogP contribution < -0.4 is 0 Å². The molecule has 0 saturated heterocycles. The predicted molar refractivity (Wildman–Crippen MR) is 128 cm³/mol. The van der Waals surface area contributed by atoms with Crippen molar-refractivity contribution < 1.29 is 14.3 Å². The number of hydrogen-bond donors (Lipinski definition) is 1. The van der Waals surface area contributed by atoms with Crippen LogP contribution in [0.1, 0.15) is 46.3 Å². The van der Waals surface area contributed by atoms with Gasteiger partial charge in [0.15, 0.2) is 0 Å². The van der Waals surface area contributed by atoms with Crippen LogP contribution in [0.3, 0.4) is 0 Å². The highest BCUT2D eigenvalue weighted by molar-refractivity contribution is 6.33. The van der Waals surface area contributed by atoms with Gasteiger partial charge in [-0.05, 0) is 78.8 Å². The summed E-state index contributed by atoms with van der Waals surface area (Å²) in [4.78, 5) is 17.1. The third kappa shape index (κ3) is 3.61. The Kier molecular flexibility index (Phi) is 5.10. The van der Waals surface area contributed by atoms with Crippen molar-refractivity contribution in [2.75, 3.05) is 0 Å². The number of aromatic carboxylic acids is 1. The van der Waals surface area contributed by atoms with Crippen molar-refractivity contribution >= 4 is 40.1 Å². The van der Waals surface area contributed by atoms with E-state index < -0.39 is 5.97 Å². The lowest BCUT2D eigenvalue weighted by Crippen LogP contribution is -2.17. The molecule has 0 saturated carbocycles. The summed E-state index contributed by atoms with van der Waals surface area (Å²) in [6.07, 6.45) is 3.47. The fourth-order valence-electron chi connectivity index (χ4n) is 4.55. The maximum Gasteiger partial charge on any atom is 0.336 e. The maximum absolute atomic E-state index is 12.2. The number of rotatable bonds is 3. The molecule has 0 bridgehead atoms. The second-order valence-electron chi connectivity index (χ2n) is 8.50. The maximum atomic E-state index is 12.2. The SMILES string of the molecule is Cc1ccc(-c2ccc(/C=C3\CC(C)Cc4c3nc3ccccc3c4C(=O)O)o2)c(Cl)c1. The minimum atomic E-state index is -0.914. The number of aryl methyl sites for hydroxylation is 1. The molecule has 5 rings (SSSR count). The van der Waals surface area contributed by atoms with Crippen molar-refractivity contribution in [3.05, 3.63) is 87.8 Å². The Balaban J connectivity index is 1.63. The summed E-state index contributed by atoms with van der Waals surface area (Å²) < 4.78 is 6.10. The zero-order chi connectivity index (χ0) is 22.4. The fourth-order valence-corrected chi connectivity index (χ4v) is 4.88. The van der Waals surface area contributed by atoms with Crippen LogP contribution in [0.25, 0.3) is 33.9 Å². The Morgan fingerprint density at radius 3 is 2.75 bits per heavy atom. The van der Waals surface area contributed by atoms with Crippen LogP contribution in [0.5, 0.6) is 0 Å². The molecule has 2 heterocycles. The van der Waals surface area contributed by atoms with E-state index in [9.17, 15) is 9.90 Å². The topological polar surface area (TPSA) is 63.3 Å². The molecule has 4 aromatic rings. The minimum absolute atomic E-state index is 0.302. The molecule has 1 atom stereocenters. The van der Waals surface area contributed by atoms with Crippen LogP contribution in [-0.4, -0.2) is 16.1 Å². The number of carbonyl (C=O) groups is 1. The fraction of sp³-hybridized carbons (Fsp3) is 0.185. The van der Waals surface area contributed by atoms with Gasteiger partial charge < -0.3 is 9.52 Å². The quantitative estimate of drug-likeness (QED) is 0.361. The molecule has 32 heavy (non-hydrogen) atoms. The molecule has 0 aliphatic heterocycles. The molecule has 0 radical (unpaired) electrons. The summed E-state index contributed by atoms with van der Waals surface area (Å²) in [5.41, 5.74) is 5.53. The van der Waals surface area contributed by atoms with Crippen LogP contribution in [-0.2, 0) is 6.42 Å². The molecule has 1 unspecified atom stereocenters. The molecule has 0 fully saturated rings. The van der Waals surface area contributed by atoms with Gasteiger partial charge in [-0.1, -0.05) is 42.8 Å². The number of furan rings is 1. The molecule has 2 aromatic carbocycles. The Bertz CT molecular complexity index is 1400. The minimum Gasteiger partial charge on any atom is -0.478 e. The summed E-state index contributed by atoms with van der Waals surface area (Å²) in [5.74, 6) is 0.778. The highest BCUT2D eigenvalue weighted by atomic mass is 35.5. The number of halogens is 1. The Labute approximate surface area is 191 Å². The standard InChI is InChI=1S/C27H22ClNO3/c1-15-7-9-19(22(28)13-15)24-10-8-18(32-24)14-17-11-16(2)12-21-25(27(30)31)20-5-3-4-6-23(20)29-26(17)21/h3-10,13-14,16H,11-12H2,1-2H3,(H,30,31)/b17-14+. The summed E-state index contributed by atoms with van der Waals surface area (Å²) in [5, 5.41) is 11.3. The van der Waals surface area contributed by atoms with Crippen molar-refractivity contribution in [1.82, 2.24) is 4.98 Å². The van der Waals surface area contributed by atoms with Crippen molar-refractivity contribution in [2.45, 2.75) is 26.7 Å². The average Bonchev–Trinajstić information content (AvgIpc) is 3.20. The molecule has 0 amide bonds. The number of aromatic nitrogens is 1. The van der Waals surface area contributed by atoms with E-state index in [0.29, 0.717) is 45.3 Å². The Morgan fingerprint density at radius 2 is 1.97 bits per heavy atom. The van der Waals surface area contributed by atoms with Gasteiger partial charge >= 0.3 is 5.97 Å². The molecule has 160 valence electrons. The van der Waals surface area contributed by atoms with Crippen LogP contribution in [0.2, 0.25) is 5.02 Å². The van der Waals surface area contributed by atoms with Gasteiger partial charge in [0.2, 0.25) is 0 Å². The van der Waals surface area contributed by atoms with Crippen LogP contribution in [0, 0.1) is 12.8 Å². The van der Waals surface area contributed by atoms with Gasteiger partial charge in [-0.25, -0.2) is 9.78 Å². The number of pyridine rings is 1. The molecule has 1 aliphatic carbocycles. The van der Waals surface area contributed by atoms with E-state index in [2.05, 4.69) is 6.92 Å². The van der Waals surface area contributed by atoms with Crippen LogP contribution >= 0.6 is 11.6 Å². The number of allylic oxidation sites excluding steroid dienone is 1. The van der Waals surface area contributed by atoms with Crippen molar-refractivity contribution in [3.8, 4) is 11.3 Å². The van der Waals surface area contributed by atoms with Gasteiger partial charge in [0.25, 0.3) is 0 Å². The second-order valence-corrected chi connectivity index (χ2v) is 8.91. The number of carboxylic acids is 1. The number of benzene rings is 2. The lowest BCUT2D eigenvalue weighted by atomic mass is 9.81. The first-order valence-electron chi connectivity index (χ1n) is 10.6. The molecule has 2 aromatic heterocycles. The first-order valence-corrected chi connectivity index (χ1v) is 11.0. The lowest BCUT2D eigenvalue weighted by Gasteiger charge is -2.25. The predicted octanol–water partition coefficient (Wildman–Crippen LogP) is 7.28. The van der Waals surface area contributed by atoms with Crippen molar-refractivity contribution in [3.63, 3.8) is 0 Å². The molecule has 4 nitrogen and oxygen atoms in total. The summed E-state index contributed by atoms with van der Waals surface area (Å²) >= 11 is 6.41. The van der Waals surface area contributed by atoms with E-state index >= 15 is 0 Å². The largest absolute Gasteiger partial charge is 0.478 e. The summed E-state index contributed by atoms with van der Waals surface area (Å²) in [6, 6.07) is 17.1. The first kappa shape index (κ1) is 20.5. The zero-order valence-electron chi connectivity index (χ0n) is 17.9. The molecular formula is C27H22ClNO3. The molecule has 1 aliphatic rings. The van der Waals surface area contributed by atoms with E-state index in [1.807, 2.05) is 67.6 Å². The molecule has 5 heteroatoms. The molecule has 1 N–H and O–H groups in total. The summed E-state index contributed by atoms with van der Waals surface area (Å²) in [6.45, 7) is 4.13. The lowest BCUT2D eigenvalue weighted by molar-refractivity contribution is 0.0697. The third-order valence-corrected chi connectivity index (χ3v) is 6.28. The second kappa shape index (κ2) is 7.95. The normalized spacial score (nSPS) is 17.0. The Morgan fingerprint density at radius 1 is 1.16 bits per heavy atom. The van der Waals surface area contributed by atoms with Crippen LogP contribution in [0.4, 0.5) is 0 Å². The van der Waals surface area contributed by atoms with E-state index in [1.54, 1.807) is 0 Å². The van der Waals surface area contributed by atoms with Gasteiger partial charge in [-0.2, -0.15) is 0 Å². The molecule has 0 spiro atoms. The Hall–Kier alpha value is -3.37. The smallest absolute Gasteiger partial charge is 0.336 e. The highest BCUT2D eigenvalue weighted by Crippen LogP contribution is 2.39. The number of hydrogen-bond acceptors (Lipinski definition) is 3. The number of para-hydroxylation sites is 1. The van der Waals surface area contributed by atoms with E-state index in [-0.39, 0.29) is 0 Å². The highest BCUT2D eigenvalue weighted by Gasteiger charge is 2.28. The number of nitrogens with zero attached hydrogens (tertiary/aromatic N) is 1. The van der Waals surface area contributed by atoms with Crippen molar-refractivity contribution in [1.29, 1.82) is 0 Å². The number of fused-ring (bicyclic) bond motifs is 2. The summed E-state index contributed by atoms with van der Waals surface area (Å²) in [7, 11) is 0. The van der Waals surface area contributed by atoms with E-state index in [0.717, 1.165) is 34.4 Å². The van der Waals surface area contributed by atoms with Gasteiger partial charge in [-0.15, -0.1) is 0 Å². The average molecular weight is 444 g/mol. The van der Waals surface area contributed by atoms with E-state index in [1.165, 1.54) is 0 Å². The number of carboxylic acid groups (broad SMARTS) is 1. The third-order valence-electron chi connectivity index (χ3n) is 5.97. The molecular weight excluding hydrogens is 422 g/mol. The van der Waals surface area contributed by atoms with Crippen molar-refractivity contribution in [2.24, 2.45) is 5.92 Å². The van der Waals surface area contributed by atoms with Gasteiger partial charge in [0.05, 0.1) is 21.8 Å². The van der Waals surface area contributed by atoms with Gasteiger partial charge in [-0.3, -0.25) is 0 Å². The monoisotopic (exact) mass is 443 g/mol. The van der Waals surface area contributed by atoms with Gasteiger partial charge in [0.1, 0.15) is 11.5 Å². The van der Waals surface area contributed by atoms with Gasteiger partial charge in [0, 0.05) is 10.9 Å².